The van der Waals surface area contributed by atoms with Gasteiger partial charge in [0.2, 0.25) is 0 Å². The predicted molar refractivity (Wildman–Crippen MR) is 90.8 cm³/mol. The quantitative estimate of drug-likeness (QED) is 0.825. The van der Waals surface area contributed by atoms with Gasteiger partial charge in [0.05, 0.1) is 5.69 Å². The van der Waals surface area contributed by atoms with Gasteiger partial charge in [0.1, 0.15) is 29.3 Å². The van der Waals surface area contributed by atoms with Crippen molar-refractivity contribution in [3.8, 4) is 17.0 Å². The van der Waals surface area contributed by atoms with Crippen LogP contribution < -0.4 is 16.4 Å². The molecule has 0 aliphatic rings. The molecule has 0 atom stereocenters. The second-order valence-corrected chi connectivity index (χ2v) is 5.86. The fraction of sp³-hybridized carbons (Fsp3) is 0.312. The highest BCUT2D eigenvalue weighted by molar-refractivity contribution is 6.54. The highest BCUT2D eigenvalue weighted by Crippen LogP contribution is 2.27. The number of hydrogen-bond acceptors (Lipinski definition) is 2. The number of aromatic hydroxyl groups is 1. The first-order valence-corrected chi connectivity index (χ1v) is 6.91. The maximum Gasteiger partial charge on any atom is 0.118 e. The van der Waals surface area contributed by atoms with Gasteiger partial charge in [-0.1, -0.05) is 49.3 Å². The largest absolute Gasteiger partial charge is 0.509 e. The van der Waals surface area contributed by atoms with E-state index >= 15 is 0 Å². The topological polar surface area (TPSA) is 33.1 Å². The van der Waals surface area contributed by atoms with E-state index in [1.807, 2.05) is 18.3 Å². The summed E-state index contributed by atoms with van der Waals surface area (Å²) in [7, 11) is 17.4. The Morgan fingerprint density at radius 1 is 1.14 bits per heavy atom. The van der Waals surface area contributed by atoms with Gasteiger partial charge in [-0.25, -0.2) is 0 Å². The second kappa shape index (κ2) is 5.63. The fourth-order valence-corrected chi connectivity index (χ4v) is 2.10. The lowest BCUT2D eigenvalue weighted by Gasteiger charge is -2.23. The zero-order valence-corrected chi connectivity index (χ0v) is 12.6. The summed E-state index contributed by atoms with van der Waals surface area (Å²) in [6.07, 6.45) is 2.87. The van der Waals surface area contributed by atoms with Crippen molar-refractivity contribution in [2.45, 2.75) is 32.6 Å². The molecule has 1 aromatic heterocycles. The van der Waals surface area contributed by atoms with Gasteiger partial charge in [-0.2, -0.15) is 0 Å². The van der Waals surface area contributed by atoms with E-state index in [0.29, 0.717) is 11.3 Å². The Hall–Kier alpha value is -1.64. The minimum absolute atomic E-state index is 0.0735. The van der Waals surface area contributed by atoms with E-state index in [1.165, 1.54) is 0 Å². The van der Waals surface area contributed by atoms with Crippen molar-refractivity contribution in [3.63, 3.8) is 0 Å². The lowest BCUT2D eigenvalue weighted by Crippen LogP contribution is -2.32. The molecule has 1 aromatic carbocycles. The lowest BCUT2D eigenvalue weighted by molar-refractivity contribution is 0.484. The van der Waals surface area contributed by atoms with E-state index in [0.717, 1.165) is 12.0 Å². The third kappa shape index (κ3) is 2.87. The summed E-state index contributed by atoms with van der Waals surface area (Å²) >= 11 is 0. The maximum absolute atomic E-state index is 9.69. The molecule has 0 bridgehead atoms. The van der Waals surface area contributed by atoms with Gasteiger partial charge in [-0.15, -0.1) is 0 Å². The van der Waals surface area contributed by atoms with Crippen LogP contribution in [0.2, 0.25) is 0 Å². The molecule has 0 saturated carbocycles. The first-order valence-electron chi connectivity index (χ1n) is 6.91. The summed E-state index contributed by atoms with van der Waals surface area (Å²) in [5, 5.41) is 9.69. The molecule has 0 unspecified atom stereocenters. The van der Waals surface area contributed by atoms with Gasteiger partial charge in [0.15, 0.2) is 0 Å². The summed E-state index contributed by atoms with van der Waals surface area (Å²) in [6.45, 7) is 6.50. The molecule has 1 N–H and O–H groups in total. The lowest BCUT2D eigenvalue weighted by atomic mass is 9.72. The van der Waals surface area contributed by atoms with Gasteiger partial charge in [-0.3, -0.25) is 4.98 Å². The van der Waals surface area contributed by atoms with Crippen molar-refractivity contribution < 1.29 is 5.11 Å². The molecule has 100 valence electrons. The van der Waals surface area contributed by atoms with E-state index in [9.17, 15) is 5.11 Å². The average molecular weight is 271 g/mol. The summed E-state index contributed by atoms with van der Waals surface area (Å²) in [6, 6.07) is 5.52. The Morgan fingerprint density at radius 3 is 2.33 bits per heavy atom. The van der Waals surface area contributed by atoms with E-state index in [-0.39, 0.29) is 27.6 Å². The van der Waals surface area contributed by atoms with Crippen molar-refractivity contribution in [2.24, 2.45) is 0 Å². The third-order valence-corrected chi connectivity index (χ3v) is 4.11. The first-order chi connectivity index (χ1) is 9.77. The van der Waals surface area contributed by atoms with E-state index in [1.54, 1.807) is 6.07 Å². The Bertz CT molecular complexity index is 666. The number of nitrogens with zero attached hydrogens (tertiary/aromatic N) is 1. The smallest absolute Gasteiger partial charge is 0.118 e. The minimum Gasteiger partial charge on any atom is -0.509 e. The van der Waals surface area contributed by atoms with E-state index < -0.39 is 0 Å². The van der Waals surface area contributed by atoms with Crippen LogP contribution in [-0.4, -0.2) is 33.6 Å². The Balaban J connectivity index is 2.50. The molecule has 1 heterocycles. The molecular weight excluding hydrogens is 255 g/mol. The van der Waals surface area contributed by atoms with Gasteiger partial charge in [0.25, 0.3) is 0 Å². The third-order valence-electron chi connectivity index (χ3n) is 4.11. The predicted octanol–water partition coefficient (Wildman–Crippen LogP) is 0.523. The van der Waals surface area contributed by atoms with Gasteiger partial charge >= 0.3 is 0 Å². The zero-order chi connectivity index (χ0) is 15.8. The van der Waals surface area contributed by atoms with E-state index in [2.05, 4.69) is 25.8 Å². The highest BCUT2D eigenvalue weighted by atomic mass is 16.3. The molecule has 0 aliphatic heterocycles. The van der Waals surface area contributed by atoms with Crippen LogP contribution in [-0.2, 0) is 5.41 Å². The van der Waals surface area contributed by atoms with Crippen molar-refractivity contribution in [1.82, 2.24) is 4.98 Å². The number of pyridine rings is 1. The Labute approximate surface area is 130 Å². The van der Waals surface area contributed by atoms with Gasteiger partial charge in [0, 0.05) is 6.20 Å². The van der Waals surface area contributed by atoms with Crippen LogP contribution >= 0.6 is 0 Å². The van der Waals surface area contributed by atoms with E-state index in [4.69, 9.17) is 23.5 Å². The van der Waals surface area contributed by atoms with Gasteiger partial charge < -0.3 is 5.11 Å². The van der Waals surface area contributed by atoms with Crippen molar-refractivity contribution in [1.29, 1.82) is 0 Å². The number of aromatic nitrogens is 1. The molecule has 21 heavy (non-hydrogen) atoms. The molecule has 2 aromatic rings. The summed E-state index contributed by atoms with van der Waals surface area (Å²) in [4.78, 5) is 4.46. The van der Waals surface area contributed by atoms with Crippen LogP contribution in [0, 0.1) is 0 Å². The van der Waals surface area contributed by atoms with Crippen LogP contribution in [0.1, 0.15) is 32.8 Å². The average Bonchev–Trinajstić information content (AvgIpc) is 2.49. The highest BCUT2D eigenvalue weighted by Gasteiger charge is 2.18. The van der Waals surface area contributed by atoms with Crippen LogP contribution in [0.5, 0.6) is 5.75 Å². The minimum atomic E-state index is -0.181. The van der Waals surface area contributed by atoms with Crippen molar-refractivity contribution in [2.75, 3.05) is 0 Å². The molecule has 2 rings (SSSR count). The Morgan fingerprint density at radius 2 is 1.81 bits per heavy atom. The SMILES string of the molecule is [B]c1cc(-c2ccc(C(C)(C)CC)cn2)c([B])c([B])c1O. The van der Waals surface area contributed by atoms with Crippen LogP contribution in [0.25, 0.3) is 11.3 Å². The van der Waals surface area contributed by atoms with Crippen LogP contribution in [0.3, 0.4) is 0 Å². The summed E-state index contributed by atoms with van der Waals surface area (Å²) < 4.78 is 0. The standard InChI is InChI=1S/C16H16B3NO/c1-4-16(2,3)9-5-6-12(20-8-9)10-7-11(17)15(21)14(19)13(10)18/h5-8,21H,4H2,1-3H3. The monoisotopic (exact) mass is 271 g/mol. The zero-order valence-electron chi connectivity index (χ0n) is 12.6. The van der Waals surface area contributed by atoms with Crippen molar-refractivity contribution in [3.05, 3.63) is 30.0 Å². The summed E-state index contributed by atoms with van der Waals surface area (Å²) in [5.74, 6) is -0.181. The molecule has 2 nitrogen and oxygen atoms in total. The molecule has 5 heteroatoms. The maximum atomic E-state index is 9.69. The second-order valence-electron chi connectivity index (χ2n) is 5.86. The number of benzene rings is 1. The molecule has 0 amide bonds. The molecule has 0 fully saturated rings. The number of phenols is 1. The van der Waals surface area contributed by atoms with Crippen LogP contribution in [0.15, 0.2) is 24.4 Å². The van der Waals surface area contributed by atoms with Gasteiger partial charge in [-0.05, 0) is 29.0 Å². The number of hydrogen-bond donors (Lipinski definition) is 1. The summed E-state index contributed by atoms with van der Waals surface area (Å²) in [5.41, 5.74) is 3.11. The fourth-order valence-electron chi connectivity index (χ4n) is 2.10. The Kier molecular flexibility index (Phi) is 4.22. The molecule has 6 radical (unpaired) electrons. The number of phenolic OH excluding ortho intramolecular Hbond substituents is 1. The first kappa shape index (κ1) is 15.7. The molecule has 0 spiro atoms. The normalized spacial score (nSPS) is 11.6. The molecule has 0 saturated heterocycles. The van der Waals surface area contributed by atoms with Crippen LogP contribution in [0.4, 0.5) is 0 Å². The number of rotatable bonds is 3. The molecule has 0 aliphatic carbocycles. The van der Waals surface area contributed by atoms with Crippen molar-refractivity contribution >= 4 is 39.9 Å². The molecular formula is C16H16B3NO.